The van der Waals surface area contributed by atoms with E-state index in [1.807, 2.05) is 4.90 Å². The molecule has 150 valence electrons. The monoisotopic (exact) mass is 413 g/mol. The number of amides is 2. The predicted octanol–water partition coefficient (Wildman–Crippen LogP) is 3.39. The summed E-state index contributed by atoms with van der Waals surface area (Å²) < 4.78 is 0. The molecule has 5 nitrogen and oxygen atoms in total. The van der Waals surface area contributed by atoms with Crippen LogP contribution in [0.1, 0.15) is 55.3 Å². The second-order valence-corrected chi connectivity index (χ2v) is 7.81. The lowest BCUT2D eigenvalue weighted by atomic mass is 9.84. The number of nitrogens with one attached hydrogen (secondary N) is 1. The van der Waals surface area contributed by atoms with Gasteiger partial charge in [-0.15, -0.1) is 12.4 Å². The van der Waals surface area contributed by atoms with Gasteiger partial charge in [0.05, 0.1) is 0 Å². The van der Waals surface area contributed by atoms with E-state index in [1.54, 1.807) is 24.3 Å². The second-order valence-electron chi connectivity index (χ2n) is 7.37. The van der Waals surface area contributed by atoms with Crippen LogP contribution >= 0.6 is 24.0 Å². The molecule has 1 saturated heterocycles. The number of hydrogen-bond acceptors (Lipinski definition) is 3. The summed E-state index contributed by atoms with van der Waals surface area (Å²) in [6.07, 6.45) is 6.90. The molecular weight excluding hydrogens is 385 g/mol. The van der Waals surface area contributed by atoms with Crippen LogP contribution < -0.4 is 11.1 Å². The average molecular weight is 414 g/mol. The van der Waals surface area contributed by atoms with Crippen molar-refractivity contribution in [3.05, 3.63) is 34.9 Å². The molecule has 0 radical (unpaired) electrons. The lowest BCUT2D eigenvalue weighted by Gasteiger charge is -2.33. The molecule has 1 saturated carbocycles. The molecule has 0 spiro atoms. The predicted molar refractivity (Wildman–Crippen MR) is 110 cm³/mol. The van der Waals surface area contributed by atoms with Crippen molar-refractivity contribution >= 4 is 35.8 Å². The minimum Gasteiger partial charge on any atom is -0.354 e. The third-order valence-corrected chi connectivity index (χ3v) is 5.86. The summed E-state index contributed by atoms with van der Waals surface area (Å²) in [6, 6.07) is 6.79. The summed E-state index contributed by atoms with van der Waals surface area (Å²) in [5, 5.41) is 3.54. The van der Waals surface area contributed by atoms with Gasteiger partial charge in [-0.25, -0.2) is 0 Å². The minimum absolute atomic E-state index is 0. The highest BCUT2D eigenvalue weighted by molar-refractivity contribution is 6.31. The number of rotatable bonds is 6. The van der Waals surface area contributed by atoms with Crippen molar-refractivity contribution in [1.29, 1.82) is 0 Å². The summed E-state index contributed by atoms with van der Waals surface area (Å²) in [6.45, 7) is 1.24. The number of halogens is 2. The highest BCUT2D eigenvalue weighted by atomic mass is 35.5. The quantitative estimate of drug-likeness (QED) is 0.701. The van der Waals surface area contributed by atoms with Gasteiger partial charge in [-0.05, 0) is 62.8 Å². The topological polar surface area (TPSA) is 75.4 Å². The molecule has 3 atom stereocenters. The normalized spacial score (nSPS) is 24.1. The molecule has 1 aliphatic carbocycles. The lowest BCUT2D eigenvalue weighted by Crippen LogP contribution is -2.49. The Bertz CT molecular complexity index is 656. The highest BCUT2D eigenvalue weighted by Crippen LogP contribution is 2.40. The Morgan fingerprint density at radius 2 is 2.00 bits per heavy atom. The molecule has 0 bridgehead atoms. The van der Waals surface area contributed by atoms with Gasteiger partial charge in [-0.2, -0.15) is 0 Å². The number of unbranched alkanes of at least 4 members (excludes halogenated alkanes) is 1. The first-order valence-electron chi connectivity index (χ1n) is 9.68. The lowest BCUT2D eigenvalue weighted by molar-refractivity contribution is -0.125. The summed E-state index contributed by atoms with van der Waals surface area (Å²) in [7, 11) is 0. The SMILES string of the molecule is Cl.NCCCCNC(=O)C1CC2CCCCC2N1C(=O)c1cccc(Cl)c1. The van der Waals surface area contributed by atoms with Crippen molar-refractivity contribution in [3.63, 3.8) is 0 Å². The van der Waals surface area contributed by atoms with Crippen LogP contribution in [0.3, 0.4) is 0 Å². The maximum atomic E-state index is 13.2. The first-order valence-corrected chi connectivity index (χ1v) is 10.1. The zero-order valence-corrected chi connectivity index (χ0v) is 17.1. The molecule has 2 amide bonds. The Kier molecular flexibility index (Phi) is 8.39. The standard InChI is InChI=1S/C20H28ClN3O2.ClH/c21-16-8-5-7-15(12-16)20(26)24-17-9-2-1-6-14(17)13-18(24)19(25)23-11-4-3-10-22;/h5,7-8,12,14,17-18H,1-4,6,9-11,13,22H2,(H,23,25);1H. The van der Waals surface area contributed by atoms with E-state index in [9.17, 15) is 9.59 Å². The van der Waals surface area contributed by atoms with Crippen LogP contribution in [0, 0.1) is 5.92 Å². The molecule has 27 heavy (non-hydrogen) atoms. The van der Waals surface area contributed by atoms with Crippen LogP contribution in [0.4, 0.5) is 0 Å². The molecule has 3 N–H and O–H groups in total. The zero-order valence-electron chi connectivity index (χ0n) is 15.5. The van der Waals surface area contributed by atoms with Crippen molar-refractivity contribution in [1.82, 2.24) is 10.2 Å². The van der Waals surface area contributed by atoms with Crippen LogP contribution in [-0.2, 0) is 4.79 Å². The third-order valence-electron chi connectivity index (χ3n) is 5.63. The van der Waals surface area contributed by atoms with Gasteiger partial charge in [0.15, 0.2) is 0 Å². The number of carbonyl (C=O) groups is 2. The van der Waals surface area contributed by atoms with Gasteiger partial charge in [-0.3, -0.25) is 9.59 Å². The van der Waals surface area contributed by atoms with Crippen molar-refractivity contribution in [2.24, 2.45) is 11.7 Å². The van der Waals surface area contributed by atoms with Gasteiger partial charge in [-0.1, -0.05) is 30.5 Å². The van der Waals surface area contributed by atoms with E-state index in [1.165, 1.54) is 6.42 Å². The number of nitrogens with zero attached hydrogens (tertiary/aromatic N) is 1. The average Bonchev–Trinajstić information content (AvgIpc) is 3.04. The highest BCUT2D eigenvalue weighted by Gasteiger charge is 2.47. The van der Waals surface area contributed by atoms with Crippen LogP contribution in [0.5, 0.6) is 0 Å². The summed E-state index contributed by atoms with van der Waals surface area (Å²) in [5.41, 5.74) is 6.07. The van der Waals surface area contributed by atoms with E-state index >= 15 is 0 Å². The maximum Gasteiger partial charge on any atom is 0.254 e. The van der Waals surface area contributed by atoms with Gasteiger partial charge in [0.1, 0.15) is 6.04 Å². The molecule has 3 rings (SSSR count). The molecule has 0 aromatic heterocycles. The van der Waals surface area contributed by atoms with Gasteiger partial charge in [0.25, 0.3) is 5.91 Å². The van der Waals surface area contributed by atoms with Crippen molar-refractivity contribution in [2.75, 3.05) is 13.1 Å². The molecular formula is C20H29Cl2N3O2. The fourth-order valence-corrected chi connectivity index (χ4v) is 4.55. The molecule has 3 unspecified atom stereocenters. The summed E-state index contributed by atoms with van der Waals surface area (Å²) >= 11 is 6.07. The fraction of sp³-hybridized carbons (Fsp3) is 0.600. The number of nitrogens with two attached hydrogens (primary N) is 1. The zero-order chi connectivity index (χ0) is 18.5. The third kappa shape index (κ3) is 5.15. The van der Waals surface area contributed by atoms with Gasteiger partial charge >= 0.3 is 0 Å². The van der Waals surface area contributed by atoms with Gasteiger partial charge in [0.2, 0.25) is 5.91 Å². The molecule has 2 fully saturated rings. The maximum absolute atomic E-state index is 13.2. The van der Waals surface area contributed by atoms with Crippen molar-refractivity contribution < 1.29 is 9.59 Å². The Hall–Kier alpha value is -1.30. The second kappa shape index (κ2) is 10.3. The Balaban J connectivity index is 0.00000261. The van der Waals surface area contributed by atoms with E-state index < -0.39 is 0 Å². The number of benzene rings is 1. The molecule has 1 aliphatic heterocycles. The first-order chi connectivity index (χ1) is 12.6. The minimum atomic E-state index is -0.382. The number of fused-ring (bicyclic) bond motifs is 1. The first kappa shape index (κ1) is 22.0. The molecule has 2 aliphatic rings. The largest absolute Gasteiger partial charge is 0.354 e. The number of hydrogen-bond donors (Lipinski definition) is 2. The number of carbonyl (C=O) groups excluding carboxylic acids is 2. The summed E-state index contributed by atoms with van der Waals surface area (Å²) in [4.78, 5) is 27.9. The van der Waals surface area contributed by atoms with Crippen molar-refractivity contribution in [2.45, 2.75) is 57.0 Å². The van der Waals surface area contributed by atoms with Crippen LogP contribution in [0.15, 0.2) is 24.3 Å². The number of likely N-dealkylation sites (tertiary alicyclic amines) is 1. The van der Waals surface area contributed by atoms with E-state index in [0.717, 1.165) is 38.5 Å². The fourth-order valence-electron chi connectivity index (χ4n) is 4.36. The van der Waals surface area contributed by atoms with Crippen molar-refractivity contribution in [3.8, 4) is 0 Å². The van der Waals surface area contributed by atoms with E-state index in [0.29, 0.717) is 29.6 Å². The van der Waals surface area contributed by atoms with Crippen LogP contribution in [0.25, 0.3) is 0 Å². The van der Waals surface area contributed by atoms with E-state index in [2.05, 4.69) is 5.32 Å². The molecule has 7 heteroatoms. The Morgan fingerprint density at radius 3 is 2.74 bits per heavy atom. The smallest absolute Gasteiger partial charge is 0.254 e. The summed E-state index contributed by atoms with van der Waals surface area (Å²) in [5.74, 6) is 0.308. The molecule has 1 aromatic rings. The molecule has 1 heterocycles. The Labute approximate surface area is 172 Å². The molecule has 1 aromatic carbocycles. The van der Waals surface area contributed by atoms with E-state index in [-0.39, 0.29) is 36.3 Å². The Morgan fingerprint density at radius 1 is 1.22 bits per heavy atom. The van der Waals surface area contributed by atoms with Gasteiger partial charge < -0.3 is 16.0 Å². The van der Waals surface area contributed by atoms with E-state index in [4.69, 9.17) is 17.3 Å². The van der Waals surface area contributed by atoms with Gasteiger partial charge in [0, 0.05) is 23.2 Å². The van der Waals surface area contributed by atoms with Crippen LogP contribution in [-0.4, -0.2) is 41.9 Å². The van der Waals surface area contributed by atoms with Crippen LogP contribution in [0.2, 0.25) is 5.02 Å².